The summed E-state index contributed by atoms with van der Waals surface area (Å²) in [7, 11) is 4.10. The molecule has 4 nitrogen and oxygen atoms in total. The molecule has 0 amide bonds. The fourth-order valence-electron chi connectivity index (χ4n) is 2.81. The van der Waals surface area contributed by atoms with Crippen molar-refractivity contribution in [2.45, 2.75) is 38.8 Å². The lowest BCUT2D eigenvalue weighted by Gasteiger charge is -2.36. The van der Waals surface area contributed by atoms with Gasteiger partial charge in [-0.2, -0.15) is 0 Å². The summed E-state index contributed by atoms with van der Waals surface area (Å²) in [6.07, 6.45) is 4.89. The van der Waals surface area contributed by atoms with Gasteiger partial charge in [0.25, 0.3) is 0 Å². The molecule has 1 fully saturated rings. The number of rotatable bonds is 6. The highest BCUT2D eigenvalue weighted by atomic mass is 19.1. The molecule has 1 saturated heterocycles. The van der Waals surface area contributed by atoms with E-state index in [0.717, 1.165) is 38.9 Å². The Balaban J connectivity index is 2.06. The van der Waals surface area contributed by atoms with Gasteiger partial charge in [-0.05, 0) is 52.0 Å². The van der Waals surface area contributed by atoms with Crippen molar-refractivity contribution in [3.63, 3.8) is 0 Å². The second-order valence-corrected chi connectivity index (χ2v) is 5.93. The standard InChI is InChI=1S/C16H27FN4/c1-4-8-18-12-13-5-9-19-16(15(13)17)21(3)14-6-10-20(2)11-7-14/h5,9,14,18H,4,6-8,10-12H2,1-3H3. The van der Waals surface area contributed by atoms with Crippen molar-refractivity contribution < 1.29 is 4.39 Å². The van der Waals surface area contributed by atoms with Gasteiger partial charge in [-0.1, -0.05) is 6.92 Å². The minimum absolute atomic E-state index is 0.178. The zero-order valence-electron chi connectivity index (χ0n) is 13.4. The highest BCUT2D eigenvalue weighted by Crippen LogP contribution is 2.24. The molecule has 1 N–H and O–H groups in total. The molecule has 1 aromatic rings. The molecule has 0 bridgehead atoms. The molecule has 0 unspecified atom stereocenters. The molecule has 1 aliphatic heterocycles. The van der Waals surface area contributed by atoms with Crippen molar-refractivity contribution in [3.05, 3.63) is 23.6 Å². The maximum atomic E-state index is 14.6. The van der Waals surface area contributed by atoms with E-state index < -0.39 is 0 Å². The molecular formula is C16H27FN4. The molecule has 0 aromatic carbocycles. The maximum Gasteiger partial charge on any atom is 0.170 e. The number of hydrogen-bond acceptors (Lipinski definition) is 4. The van der Waals surface area contributed by atoms with E-state index in [0.29, 0.717) is 24.0 Å². The Hall–Kier alpha value is -1.20. The van der Waals surface area contributed by atoms with Crippen LogP contribution in [0.5, 0.6) is 0 Å². The predicted octanol–water partition coefficient (Wildman–Crippen LogP) is 2.25. The minimum Gasteiger partial charge on any atom is -0.354 e. The van der Waals surface area contributed by atoms with Crippen LogP contribution in [-0.4, -0.2) is 49.7 Å². The molecule has 0 aliphatic carbocycles. The predicted molar refractivity (Wildman–Crippen MR) is 85.1 cm³/mol. The summed E-state index contributed by atoms with van der Waals surface area (Å²) in [5.41, 5.74) is 0.702. The molecule has 1 aromatic heterocycles. The first kappa shape index (κ1) is 16.2. The Morgan fingerprint density at radius 1 is 1.43 bits per heavy atom. The van der Waals surface area contributed by atoms with Crippen LogP contribution < -0.4 is 10.2 Å². The van der Waals surface area contributed by atoms with Crippen molar-refractivity contribution in [2.75, 3.05) is 38.6 Å². The number of nitrogens with zero attached hydrogens (tertiary/aromatic N) is 3. The van der Waals surface area contributed by atoms with Gasteiger partial charge in [0, 0.05) is 31.4 Å². The lowest BCUT2D eigenvalue weighted by Crippen LogP contribution is -2.42. The monoisotopic (exact) mass is 294 g/mol. The first-order valence-corrected chi connectivity index (χ1v) is 7.89. The second kappa shape index (κ2) is 7.71. The summed E-state index contributed by atoms with van der Waals surface area (Å²) in [4.78, 5) is 8.61. The molecule has 118 valence electrons. The summed E-state index contributed by atoms with van der Waals surface area (Å²) < 4.78 is 14.6. The van der Waals surface area contributed by atoms with E-state index in [-0.39, 0.29) is 5.82 Å². The fraction of sp³-hybridized carbons (Fsp3) is 0.688. The first-order chi connectivity index (χ1) is 10.1. The van der Waals surface area contributed by atoms with E-state index >= 15 is 0 Å². The van der Waals surface area contributed by atoms with Crippen LogP contribution in [-0.2, 0) is 6.54 Å². The van der Waals surface area contributed by atoms with E-state index in [1.165, 1.54) is 0 Å². The van der Waals surface area contributed by atoms with Crippen LogP contribution in [0.15, 0.2) is 12.3 Å². The van der Waals surface area contributed by atoms with Crippen LogP contribution in [0.2, 0.25) is 0 Å². The van der Waals surface area contributed by atoms with Crippen LogP contribution in [0.1, 0.15) is 31.7 Å². The molecule has 2 rings (SSSR count). The number of pyridine rings is 1. The van der Waals surface area contributed by atoms with Gasteiger partial charge >= 0.3 is 0 Å². The Kier molecular flexibility index (Phi) is 5.94. The van der Waals surface area contributed by atoms with Gasteiger partial charge in [0.1, 0.15) is 0 Å². The summed E-state index contributed by atoms with van der Waals surface area (Å²) in [5.74, 6) is 0.308. The van der Waals surface area contributed by atoms with E-state index in [4.69, 9.17) is 0 Å². The van der Waals surface area contributed by atoms with Crippen molar-refractivity contribution in [1.29, 1.82) is 0 Å². The molecule has 0 spiro atoms. The number of anilines is 1. The van der Waals surface area contributed by atoms with Gasteiger partial charge in [-0.15, -0.1) is 0 Å². The van der Waals surface area contributed by atoms with Crippen molar-refractivity contribution in [2.24, 2.45) is 0 Å². The van der Waals surface area contributed by atoms with Gasteiger partial charge in [0.2, 0.25) is 0 Å². The van der Waals surface area contributed by atoms with Crippen LogP contribution >= 0.6 is 0 Å². The normalized spacial score (nSPS) is 17.1. The summed E-state index contributed by atoms with van der Waals surface area (Å²) in [5, 5.41) is 3.25. The van der Waals surface area contributed by atoms with Crippen molar-refractivity contribution in [1.82, 2.24) is 15.2 Å². The van der Waals surface area contributed by atoms with Crippen LogP contribution in [0.4, 0.5) is 10.2 Å². The molecule has 0 saturated carbocycles. The van der Waals surface area contributed by atoms with E-state index in [1.54, 1.807) is 12.3 Å². The van der Waals surface area contributed by atoms with Gasteiger partial charge in [-0.25, -0.2) is 9.37 Å². The quantitative estimate of drug-likeness (QED) is 0.816. The van der Waals surface area contributed by atoms with Crippen molar-refractivity contribution in [3.8, 4) is 0 Å². The highest BCUT2D eigenvalue weighted by molar-refractivity contribution is 5.43. The van der Waals surface area contributed by atoms with E-state index in [2.05, 4.69) is 29.2 Å². The number of halogens is 1. The smallest absolute Gasteiger partial charge is 0.170 e. The number of nitrogens with one attached hydrogen (secondary N) is 1. The van der Waals surface area contributed by atoms with Crippen molar-refractivity contribution >= 4 is 5.82 Å². The Labute approximate surface area is 127 Å². The average Bonchev–Trinajstić information content (AvgIpc) is 2.49. The summed E-state index contributed by atoms with van der Waals surface area (Å²) >= 11 is 0. The maximum absolute atomic E-state index is 14.6. The fourth-order valence-corrected chi connectivity index (χ4v) is 2.81. The Morgan fingerprint density at radius 2 is 2.14 bits per heavy atom. The van der Waals surface area contributed by atoms with Crippen LogP contribution in [0, 0.1) is 5.82 Å². The van der Waals surface area contributed by atoms with Gasteiger partial charge in [0.15, 0.2) is 11.6 Å². The molecule has 0 atom stereocenters. The van der Waals surface area contributed by atoms with Gasteiger partial charge in [-0.3, -0.25) is 0 Å². The Morgan fingerprint density at radius 3 is 2.81 bits per heavy atom. The number of piperidine rings is 1. The van der Waals surface area contributed by atoms with E-state index in [9.17, 15) is 4.39 Å². The molecular weight excluding hydrogens is 267 g/mol. The third-order valence-electron chi connectivity index (χ3n) is 4.26. The largest absolute Gasteiger partial charge is 0.354 e. The third kappa shape index (κ3) is 4.14. The SMILES string of the molecule is CCCNCc1ccnc(N(C)C2CCN(C)CC2)c1F. The summed E-state index contributed by atoms with van der Waals surface area (Å²) in [6, 6.07) is 2.14. The zero-order valence-corrected chi connectivity index (χ0v) is 13.4. The zero-order chi connectivity index (χ0) is 15.2. The number of aromatic nitrogens is 1. The highest BCUT2D eigenvalue weighted by Gasteiger charge is 2.24. The van der Waals surface area contributed by atoms with E-state index in [1.807, 2.05) is 11.9 Å². The van der Waals surface area contributed by atoms with Gasteiger partial charge in [0.05, 0.1) is 0 Å². The molecule has 1 aliphatic rings. The second-order valence-electron chi connectivity index (χ2n) is 5.93. The third-order valence-corrected chi connectivity index (χ3v) is 4.26. The molecule has 2 heterocycles. The van der Waals surface area contributed by atoms with Crippen LogP contribution in [0.25, 0.3) is 0 Å². The minimum atomic E-state index is -0.178. The summed E-state index contributed by atoms with van der Waals surface area (Å²) in [6.45, 7) is 5.70. The van der Waals surface area contributed by atoms with Crippen LogP contribution in [0.3, 0.4) is 0 Å². The Bertz CT molecular complexity index is 444. The molecule has 21 heavy (non-hydrogen) atoms. The first-order valence-electron chi connectivity index (χ1n) is 7.89. The average molecular weight is 294 g/mol. The number of likely N-dealkylation sites (tertiary alicyclic amines) is 1. The molecule has 5 heteroatoms. The number of hydrogen-bond donors (Lipinski definition) is 1. The molecule has 0 radical (unpaired) electrons. The lowest BCUT2D eigenvalue weighted by molar-refractivity contribution is 0.252. The topological polar surface area (TPSA) is 31.4 Å². The lowest BCUT2D eigenvalue weighted by atomic mass is 10.0. The van der Waals surface area contributed by atoms with Gasteiger partial charge < -0.3 is 15.1 Å².